The van der Waals surface area contributed by atoms with E-state index in [1.165, 1.54) is 25.7 Å². The van der Waals surface area contributed by atoms with Crippen molar-refractivity contribution in [2.24, 2.45) is 5.92 Å². The van der Waals surface area contributed by atoms with Crippen LogP contribution in [-0.2, 0) is 0 Å². The first-order valence-corrected chi connectivity index (χ1v) is 6.05. The molecule has 0 bridgehead atoms. The van der Waals surface area contributed by atoms with Gasteiger partial charge >= 0.3 is 0 Å². The number of ether oxygens (including phenoxy) is 1. The first-order chi connectivity index (χ1) is 7.79. The van der Waals surface area contributed by atoms with Crippen LogP contribution in [0.2, 0.25) is 5.02 Å². The van der Waals surface area contributed by atoms with Gasteiger partial charge in [-0.25, -0.2) is 0 Å². The summed E-state index contributed by atoms with van der Waals surface area (Å²) in [6, 6.07) is 5.13. The van der Waals surface area contributed by atoms with Crippen LogP contribution >= 0.6 is 11.6 Å². The molecule has 16 heavy (non-hydrogen) atoms. The molecule has 0 unspecified atom stereocenters. The maximum absolute atomic E-state index is 10.5. The van der Waals surface area contributed by atoms with E-state index in [2.05, 4.69) is 0 Å². The monoisotopic (exact) mass is 238 g/mol. The second-order valence-corrected chi connectivity index (χ2v) is 4.68. The van der Waals surface area contributed by atoms with E-state index < -0.39 is 0 Å². The Balaban J connectivity index is 1.95. The maximum Gasteiger partial charge on any atom is 0.150 e. The Morgan fingerprint density at radius 2 is 2.12 bits per heavy atom. The van der Waals surface area contributed by atoms with Crippen molar-refractivity contribution in [3.05, 3.63) is 28.8 Å². The summed E-state index contributed by atoms with van der Waals surface area (Å²) in [5.74, 6) is 1.35. The second-order valence-electron chi connectivity index (χ2n) is 4.27. The molecule has 1 aliphatic rings. The first-order valence-electron chi connectivity index (χ1n) is 5.67. The molecule has 0 spiro atoms. The normalized spacial score (nSPS) is 16.3. The number of hydrogen-bond acceptors (Lipinski definition) is 2. The number of benzene rings is 1. The number of aldehydes is 1. The van der Waals surface area contributed by atoms with Gasteiger partial charge in [0.15, 0.2) is 0 Å². The molecular weight excluding hydrogens is 224 g/mol. The van der Waals surface area contributed by atoms with Gasteiger partial charge < -0.3 is 4.74 Å². The summed E-state index contributed by atoms with van der Waals surface area (Å²) in [6.07, 6.45) is 5.92. The summed E-state index contributed by atoms with van der Waals surface area (Å²) < 4.78 is 5.67. The minimum absolute atomic E-state index is 0.516. The van der Waals surface area contributed by atoms with Crippen LogP contribution in [-0.4, -0.2) is 12.9 Å². The van der Waals surface area contributed by atoms with Crippen molar-refractivity contribution in [1.82, 2.24) is 0 Å². The minimum Gasteiger partial charge on any atom is -0.492 e. The van der Waals surface area contributed by atoms with E-state index >= 15 is 0 Å². The highest BCUT2D eigenvalue weighted by molar-refractivity contribution is 6.32. The molecule has 0 radical (unpaired) electrons. The molecule has 0 aliphatic heterocycles. The predicted octanol–water partition coefficient (Wildman–Crippen LogP) is 3.72. The van der Waals surface area contributed by atoms with E-state index in [9.17, 15) is 4.79 Å². The molecule has 1 fully saturated rings. The van der Waals surface area contributed by atoms with Gasteiger partial charge in [-0.05, 0) is 37.0 Å². The summed E-state index contributed by atoms with van der Waals surface area (Å²) in [5.41, 5.74) is 0.582. The average Bonchev–Trinajstić information content (AvgIpc) is 2.80. The SMILES string of the molecule is O=Cc1ccc(OCC2CCCC2)c(Cl)c1. The Hall–Kier alpha value is -1.02. The highest BCUT2D eigenvalue weighted by Crippen LogP contribution is 2.29. The van der Waals surface area contributed by atoms with Gasteiger partial charge in [-0.3, -0.25) is 4.79 Å². The zero-order chi connectivity index (χ0) is 11.4. The fourth-order valence-corrected chi connectivity index (χ4v) is 2.34. The fraction of sp³-hybridized carbons (Fsp3) is 0.462. The fourth-order valence-electron chi connectivity index (χ4n) is 2.09. The van der Waals surface area contributed by atoms with Crippen molar-refractivity contribution in [2.45, 2.75) is 25.7 Å². The molecule has 1 saturated carbocycles. The smallest absolute Gasteiger partial charge is 0.150 e. The topological polar surface area (TPSA) is 26.3 Å². The van der Waals surface area contributed by atoms with Crippen molar-refractivity contribution in [2.75, 3.05) is 6.61 Å². The number of carbonyl (C=O) groups is 1. The zero-order valence-corrected chi connectivity index (χ0v) is 9.87. The summed E-state index contributed by atoms with van der Waals surface area (Å²) in [7, 11) is 0. The minimum atomic E-state index is 0.516. The van der Waals surface area contributed by atoms with Crippen LogP contribution in [0.3, 0.4) is 0 Å². The molecule has 0 heterocycles. The number of carbonyl (C=O) groups excluding carboxylic acids is 1. The van der Waals surface area contributed by atoms with E-state index in [1.807, 2.05) is 0 Å². The van der Waals surface area contributed by atoms with Crippen LogP contribution in [0.25, 0.3) is 0 Å². The van der Waals surface area contributed by atoms with Crippen molar-refractivity contribution in [3.8, 4) is 5.75 Å². The number of halogens is 1. The lowest BCUT2D eigenvalue weighted by Crippen LogP contribution is -2.08. The van der Waals surface area contributed by atoms with Crippen LogP contribution in [0.5, 0.6) is 5.75 Å². The third kappa shape index (κ3) is 2.76. The van der Waals surface area contributed by atoms with E-state index in [0.717, 1.165) is 12.9 Å². The Bertz CT molecular complexity index is 370. The largest absolute Gasteiger partial charge is 0.492 e. The average molecular weight is 239 g/mol. The lowest BCUT2D eigenvalue weighted by Gasteiger charge is -2.12. The van der Waals surface area contributed by atoms with Gasteiger partial charge in [0.25, 0.3) is 0 Å². The highest BCUT2D eigenvalue weighted by Gasteiger charge is 2.16. The molecule has 1 aromatic carbocycles. The first kappa shape index (κ1) is 11.5. The molecule has 0 aromatic heterocycles. The number of hydrogen-bond donors (Lipinski definition) is 0. The van der Waals surface area contributed by atoms with Gasteiger partial charge in [-0.2, -0.15) is 0 Å². The third-order valence-corrected chi connectivity index (χ3v) is 3.34. The van der Waals surface area contributed by atoms with Crippen molar-refractivity contribution in [3.63, 3.8) is 0 Å². The van der Waals surface area contributed by atoms with Crippen molar-refractivity contribution >= 4 is 17.9 Å². The quantitative estimate of drug-likeness (QED) is 0.748. The molecule has 86 valence electrons. The standard InChI is InChI=1S/C13H15ClO2/c14-12-7-11(8-15)5-6-13(12)16-9-10-3-1-2-4-10/h5-8,10H,1-4,9H2. The van der Waals surface area contributed by atoms with Gasteiger partial charge in [0.1, 0.15) is 12.0 Å². The molecular formula is C13H15ClO2. The van der Waals surface area contributed by atoms with Crippen LogP contribution in [0.4, 0.5) is 0 Å². The van der Waals surface area contributed by atoms with Crippen molar-refractivity contribution in [1.29, 1.82) is 0 Å². The van der Waals surface area contributed by atoms with Gasteiger partial charge in [-0.15, -0.1) is 0 Å². The Morgan fingerprint density at radius 1 is 1.38 bits per heavy atom. The number of rotatable bonds is 4. The molecule has 0 saturated heterocycles. The van der Waals surface area contributed by atoms with E-state index in [-0.39, 0.29) is 0 Å². The summed E-state index contributed by atoms with van der Waals surface area (Å²) in [5, 5.41) is 0.516. The Morgan fingerprint density at radius 3 is 2.75 bits per heavy atom. The van der Waals surface area contributed by atoms with Gasteiger partial charge in [0, 0.05) is 5.56 Å². The lowest BCUT2D eigenvalue weighted by atomic mass is 10.1. The molecule has 1 aliphatic carbocycles. The molecule has 2 rings (SSSR count). The van der Waals surface area contributed by atoms with E-state index in [4.69, 9.17) is 16.3 Å². The summed E-state index contributed by atoms with van der Waals surface area (Å²) in [4.78, 5) is 10.5. The molecule has 0 atom stereocenters. The molecule has 2 nitrogen and oxygen atoms in total. The summed E-state index contributed by atoms with van der Waals surface area (Å²) >= 11 is 6.01. The van der Waals surface area contributed by atoms with E-state index in [0.29, 0.717) is 22.3 Å². The highest BCUT2D eigenvalue weighted by atomic mass is 35.5. The van der Waals surface area contributed by atoms with Crippen LogP contribution in [0.15, 0.2) is 18.2 Å². The van der Waals surface area contributed by atoms with Crippen LogP contribution < -0.4 is 4.74 Å². The molecule has 1 aromatic rings. The van der Waals surface area contributed by atoms with Crippen LogP contribution in [0.1, 0.15) is 36.0 Å². The van der Waals surface area contributed by atoms with Crippen molar-refractivity contribution < 1.29 is 9.53 Å². The Kier molecular flexibility index (Phi) is 3.83. The van der Waals surface area contributed by atoms with Crippen LogP contribution in [0, 0.1) is 5.92 Å². The third-order valence-electron chi connectivity index (χ3n) is 3.04. The van der Waals surface area contributed by atoms with Gasteiger partial charge in [0.2, 0.25) is 0 Å². The second kappa shape index (κ2) is 5.35. The molecule has 3 heteroatoms. The van der Waals surface area contributed by atoms with Gasteiger partial charge in [-0.1, -0.05) is 24.4 Å². The predicted molar refractivity (Wildman–Crippen MR) is 64.3 cm³/mol. The summed E-state index contributed by atoms with van der Waals surface area (Å²) in [6.45, 7) is 0.736. The Labute approximate surface area is 101 Å². The van der Waals surface area contributed by atoms with E-state index in [1.54, 1.807) is 18.2 Å². The molecule has 0 N–H and O–H groups in total. The van der Waals surface area contributed by atoms with Gasteiger partial charge in [0.05, 0.1) is 11.6 Å². The lowest BCUT2D eigenvalue weighted by molar-refractivity contribution is 0.112. The maximum atomic E-state index is 10.5. The molecule has 0 amide bonds. The zero-order valence-electron chi connectivity index (χ0n) is 9.12.